The Morgan fingerprint density at radius 1 is 1.47 bits per heavy atom. The molecule has 0 radical (unpaired) electrons. The van der Waals surface area contributed by atoms with Gasteiger partial charge in [-0.25, -0.2) is 4.98 Å². The second-order valence-electron chi connectivity index (χ2n) is 4.35. The lowest BCUT2D eigenvalue weighted by Crippen LogP contribution is -2.42. The Balaban J connectivity index is 1.70. The summed E-state index contributed by atoms with van der Waals surface area (Å²) in [5, 5.41) is 10.0. The first-order chi connectivity index (χ1) is 9.16. The van der Waals surface area contributed by atoms with Crippen molar-refractivity contribution in [2.45, 2.75) is 18.9 Å². The number of anilines is 1. The number of hydrogen-bond donors (Lipinski definition) is 3. The zero-order chi connectivity index (χ0) is 13.7. The Labute approximate surface area is 122 Å². The van der Waals surface area contributed by atoms with Crippen molar-refractivity contribution in [3.8, 4) is 0 Å². The molecule has 7 heteroatoms. The minimum absolute atomic E-state index is 0.0442. The zero-order valence-corrected chi connectivity index (χ0v) is 11.9. The van der Waals surface area contributed by atoms with Crippen LogP contribution in [-0.2, 0) is 4.79 Å². The van der Waals surface area contributed by atoms with Gasteiger partial charge < -0.3 is 16.0 Å². The van der Waals surface area contributed by atoms with Crippen molar-refractivity contribution in [1.82, 2.24) is 15.6 Å². The third-order valence-electron chi connectivity index (χ3n) is 2.90. The number of nitrogens with one attached hydrogen (secondary N) is 3. The van der Waals surface area contributed by atoms with E-state index >= 15 is 0 Å². The van der Waals surface area contributed by atoms with E-state index in [9.17, 15) is 4.79 Å². The van der Waals surface area contributed by atoms with Gasteiger partial charge in [0.15, 0.2) is 0 Å². The Hall–Kier alpha value is -1.04. The minimum Gasteiger partial charge on any atom is -0.367 e. The molecule has 0 bridgehead atoms. The van der Waals surface area contributed by atoms with Crippen LogP contribution in [0.1, 0.15) is 12.8 Å². The average Bonchev–Trinajstić information content (AvgIpc) is 2.90. The summed E-state index contributed by atoms with van der Waals surface area (Å²) in [6, 6.07) is 1.58. The van der Waals surface area contributed by atoms with Gasteiger partial charge >= 0.3 is 0 Å². The molecule has 19 heavy (non-hydrogen) atoms. The standard InChI is InChI=1S/C12H16Cl2N4O/c13-8-6-9(14)11(18-7-8)16-4-5-17-12(19)10-2-1-3-15-10/h6-7,10,15H,1-5H2,(H,16,18)(H,17,19). The molecule has 3 N–H and O–H groups in total. The number of pyridine rings is 1. The molecule has 5 nitrogen and oxygen atoms in total. The Morgan fingerprint density at radius 2 is 2.32 bits per heavy atom. The highest BCUT2D eigenvalue weighted by atomic mass is 35.5. The quantitative estimate of drug-likeness (QED) is 0.724. The van der Waals surface area contributed by atoms with Crippen LogP contribution in [-0.4, -0.2) is 36.6 Å². The normalized spacial score (nSPS) is 18.3. The molecular formula is C12H16Cl2N4O. The number of carbonyl (C=O) groups excluding carboxylic acids is 1. The summed E-state index contributed by atoms with van der Waals surface area (Å²) < 4.78 is 0. The summed E-state index contributed by atoms with van der Waals surface area (Å²) in [5.41, 5.74) is 0. The number of nitrogens with zero attached hydrogens (tertiary/aromatic N) is 1. The van der Waals surface area contributed by atoms with Crippen molar-refractivity contribution in [1.29, 1.82) is 0 Å². The number of amides is 1. The fourth-order valence-electron chi connectivity index (χ4n) is 1.94. The molecule has 1 saturated heterocycles. The number of aromatic nitrogens is 1. The van der Waals surface area contributed by atoms with E-state index in [0.717, 1.165) is 19.4 Å². The van der Waals surface area contributed by atoms with Crippen LogP contribution in [0.4, 0.5) is 5.82 Å². The molecule has 0 aromatic carbocycles. The van der Waals surface area contributed by atoms with Crippen LogP contribution in [0.3, 0.4) is 0 Å². The lowest BCUT2D eigenvalue weighted by molar-refractivity contribution is -0.122. The maximum absolute atomic E-state index is 11.7. The molecule has 1 fully saturated rings. The van der Waals surface area contributed by atoms with E-state index in [4.69, 9.17) is 23.2 Å². The van der Waals surface area contributed by atoms with Gasteiger partial charge in [-0.05, 0) is 25.5 Å². The van der Waals surface area contributed by atoms with Gasteiger partial charge in [0.1, 0.15) is 5.82 Å². The van der Waals surface area contributed by atoms with Gasteiger partial charge in [0, 0.05) is 19.3 Å². The number of hydrogen-bond acceptors (Lipinski definition) is 4. The summed E-state index contributed by atoms with van der Waals surface area (Å²) in [6.07, 6.45) is 3.49. The molecule has 1 amide bonds. The molecule has 0 saturated carbocycles. The fraction of sp³-hybridized carbons (Fsp3) is 0.500. The zero-order valence-electron chi connectivity index (χ0n) is 10.4. The van der Waals surface area contributed by atoms with Crippen LogP contribution >= 0.6 is 23.2 Å². The minimum atomic E-state index is -0.0442. The Bertz CT molecular complexity index is 449. The maximum atomic E-state index is 11.7. The van der Waals surface area contributed by atoms with E-state index in [1.165, 1.54) is 6.20 Å². The molecule has 1 atom stereocenters. The van der Waals surface area contributed by atoms with Crippen molar-refractivity contribution in [3.63, 3.8) is 0 Å². The van der Waals surface area contributed by atoms with Gasteiger partial charge in [0.25, 0.3) is 0 Å². The van der Waals surface area contributed by atoms with Crippen molar-refractivity contribution in [3.05, 3.63) is 22.3 Å². The maximum Gasteiger partial charge on any atom is 0.237 e. The number of carbonyl (C=O) groups is 1. The Morgan fingerprint density at radius 3 is 3.00 bits per heavy atom. The van der Waals surface area contributed by atoms with Crippen LogP contribution in [0.15, 0.2) is 12.3 Å². The largest absolute Gasteiger partial charge is 0.367 e. The topological polar surface area (TPSA) is 66.0 Å². The summed E-state index contributed by atoms with van der Waals surface area (Å²) in [5.74, 6) is 0.619. The monoisotopic (exact) mass is 302 g/mol. The van der Waals surface area contributed by atoms with E-state index in [2.05, 4.69) is 20.9 Å². The average molecular weight is 303 g/mol. The molecule has 2 rings (SSSR count). The van der Waals surface area contributed by atoms with Crippen LogP contribution in [0.2, 0.25) is 10.0 Å². The van der Waals surface area contributed by atoms with Crippen LogP contribution in [0.5, 0.6) is 0 Å². The predicted octanol–water partition coefficient (Wildman–Crippen LogP) is 1.67. The lowest BCUT2D eigenvalue weighted by atomic mass is 10.2. The first kappa shape index (κ1) is 14.4. The number of rotatable bonds is 5. The van der Waals surface area contributed by atoms with Gasteiger partial charge in [-0.3, -0.25) is 4.79 Å². The van der Waals surface area contributed by atoms with E-state index < -0.39 is 0 Å². The van der Waals surface area contributed by atoms with Crippen molar-refractivity contribution >= 4 is 34.9 Å². The molecule has 1 unspecified atom stereocenters. The van der Waals surface area contributed by atoms with Gasteiger partial charge in [0.2, 0.25) is 5.91 Å². The van der Waals surface area contributed by atoms with E-state index in [0.29, 0.717) is 29.0 Å². The van der Waals surface area contributed by atoms with Crippen LogP contribution in [0, 0.1) is 0 Å². The van der Waals surface area contributed by atoms with Crippen LogP contribution < -0.4 is 16.0 Å². The van der Waals surface area contributed by atoms with Gasteiger partial charge in [-0.1, -0.05) is 23.2 Å². The van der Waals surface area contributed by atoms with Crippen molar-refractivity contribution in [2.24, 2.45) is 0 Å². The molecule has 1 aromatic rings. The second kappa shape index (κ2) is 6.93. The van der Waals surface area contributed by atoms with E-state index in [1.54, 1.807) is 6.07 Å². The highest BCUT2D eigenvalue weighted by molar-refractivity contribution is 6.35. The summed E-state index contributed by atoms with van der Waals surface area (Å²) in [4.78, 5) is 15.8. The summed E-state index contributed by atoms with van der Waals surface area (Å²) >= 11 is 11.7. The smallest absolute Gasteiger partial charge is 0.237 e. The molecule has 1 aromatic heterocycles. The first-order valence-corrected chi connectivity index (χ1v) is 6.98. The third-order valence-corrected chi connectivity index (χ3v) is 3.40. The van der Waals surface area contributed by atoms with Gasteiger partial charge in [-0.15, -0.1) is 0 Å². The molecule has 104 valence electrons. The Kier molecular flexibility index (Phi) is 5.24. The van der Waals surface area contributed by atoms with Gasteiger partial charge in [0.05, 0.1) is 16.1 Å². The van der Waals surface area contributed by atoms with Crippen molar-refractivity contribution in [2.75, 3.05) is 25.0 Å². The summed E-state index contributed by atoms with van der Waals surface area (Å²) in [7, 11) is 0. The SMILES string of the molecule is O=C(NCCNc1ncc(Cl)cc1Cl)C1CCCN1. The van der Waals surface area contributed by atoms with E-state index in [1.807, 2.05) is 0 Å². The second-order valence-corrected chi connectivity index (χ2v) is 5.19. The first-order valence-electron chi connectivity index (χ1n) is 6.23. The highest BCUT2D eigenvalue weighted by Gasteiger charge is 2.21. The highest BCUT2D eigenvalue weighted by Crippen LogP contribution is 2.21. The van der Waals surface area contributed by atoms with Gasteiger partial charge in [-0.2, -0.15) is 0 Å². The predicted molar refractivity (Wildman–Crippen MR) is 76.8 cm³/mol. The lowest BCUT2D eigenvalue weighted by Gasteiger charge is -2.12. The molecule has 0 spiro atoms. The molecular weight excluding hydrogens is 287 g/mol. The van der Waals surface area contributed by atoms with E-state index in [-0.39, 0.29) is 11.9 Å². The third kappa shape index (κ3) is 4.23. The van der Waals surface area contributed by atoms with Crippen molar-refractivity contribution < 1.29 is 4.79 Å². The molecule has 2 heterocycles. The fourth-order valence-corrected chi connectivity index (χ4v) is 2.39. The molecule has 1 aliphatic rings. The number of halogens is 2. The molecule has 1 aliphatic heterocycles. The van der Waals surface area contributed by atoms with Crippen LogP contribution in [0.25, 0.3) is 0 Å². The summed E-state index contributed by atoms with van der Waals surface area (Å²) in [6.45, 7) is 2.01. The molecule has 0 aliphatic carbocycles.